The lowest BCUT2D eigenvalue weighted by Crippen LogP contribution is -2.31. The van der Waals surface area contributed by atoms with Gasteiger partial charge in [0.1, 0.15) is 5.82 Å². The van der Waals surface area contributed by atoms with E-state index in [9.17, 15) is 8.42 Å². The number of hydrogen-bond acceptors (Lipinski definition) is 4. The summed E-state index contributed by atoms with van der Waals surface area (Å²) in [5.41, 5.74) is 7.76. The van der Waals surface area contributed by atoms with Crippen LogP contribution in [-0.2, 0) is 10.0 Å². The number of rotatable bonds is 3. The molecule has 6 heteroatoms. The molecule has 2 N–H and O–H groups in total. The van der Waals surface area contributed by atoms with Gasteiger partial charge in [-0.05, 0) is 38.0 Å². The molecule has 1 atom stereocenters. The van der Waals surface area contributed by atoms with Crippen LogP contribution in [0.15, 0.2) is 47.5 Å². The monoisotopic (exact) mass is 317 g/mol. The molecular weight excluding hydrogens is 298 g/mol. The van der Waals surface area contributed by atoms with Crippen molar-refractivity contribution in [3.05, 3.63) is 53.7 Å². The Kier molecular flexibility index (Phi) is 3.88. The Morgan fingerprint density at radius 1 is 1.23 bits per heavy atom. The van der Waals surface area contributed by atoms with Gasteiger partial charge in [-0.15, -0.1) is 0 Å². The van der Waals surface area contributed by atoms with Gasteiger partial charge in [0.15, 0.2) is 0 Å². The topological polar surface area (TPSA) is 76.3 Å². The number of nitrogens with zero attached hydrogens (tertiary/aromatic N) is 2. The Morgan fingerprint density at radius 3 is 2.64 bits per heavy atom. The summed E-state index contributed by atoms with van der Waals surface area (Å²) >= 11 is 0. The van der Waals surface area contributed by atoms with Gasteiger partial charge in [0, 0.05) is 18.3 Å². The third-order valence-corrected chi connectivity index (χ3v) is 5.98. The fraction of sp³-hybridized carbons (Fsp3) is 0.312. The molecule has 0 amide bonds. The van der Waals surface area contributed by atoms with Crippen molar-refractivity contribution in [2.45, 2.75) is 30.7 Å². The first-order valence-corrected chi connectivity index (χ1v) is 8.73. The van der Waals surface area contributed by atoms with Crippen molar-refractivity contribution in [2.24, 2.45) is 0 Å². The number of aryl methyl sites for hydroxylation is 1. The molecule has 22 heavy (non-hydrogen) atoms. The zero-order valence-electron chi connectivity index (χ0n) is 12.4. The molecule has 1 aromatic carbocycles. The quantitative estimate of drug-likeness (QED) is 0.943. The van der Waals surface area contributed by atoms with E-state index < -0.39 is 10.0 Å². The molecule has 1 fully saturated rings. The van der Waals surface area contributed by atoms with Crippen LogP contribution in [-0.4, -0.2) is 24.3 Å². The van der Waals surface area contributed by atoms with Crippen LogP contribution >= 0.6 is 0 Å². The van der Waals surface area contributed by atoms with Gasteiger partial charge in [-0.3, -0.25) is 0 Å². The molecule has 0 radical (unpaired) electrons. The largest absolute Gasteiger partial charge is 0.383 e. The third kappa shape index (κ3) is 2.60. The van der Waals surface area contributed by atoms with E-state index in [1.165, 1.54) is 0 Å². The molecule has 116 valence electrons. The lowest BCUT2D eigenvalue weighted by molar-refractivity contribution is 0.397. The minimum Gasteiger partial charge on any atom is -0.383 e. The second-order valence-electron chi connectivity index (χ2n) is 5.56. The van der Waals surface area contributed by atoms with Crippen LogP contribution in [0.1, 0.15) is 30.0 Å². The number of hydrogen-bond donors (Lipinski definition) is 1. The van der Waals surface area contributed by atoms with Crippen molar-refractivity contribution in [2.75, 3.05) is 12.3 Å². The summed E-state index contributed by atoms with van der Waals surface area (Å²) in [6.07, 6.45) is 3.21. The maximum absolute atomic E-state index is 12.9. The number of nitrogen functional groups attached to an aromatic ring is 1. The van der Waals surface area contributed by atoms with Gasteiger partial charge < -0.3 is 5.73 Å². The van der Waals surface area contributed by atoms with Gasteiger partial charge in [-0.25, -0.2) is 13.4 Å². The fourth-order valence-electron chi connectivity index (χ4n) is 2.90. The van der Waals surface area contributed by atoms with Crippen molar-refractivity contribution < 1.29 is 8.42 Å². The lowest BCUT2D eigenvalue weighted by Gasteiger charge is -2.25. The van der Waals surface area contributed by atoms with E-state index in [4.69, 9.17) is 5.73 Å². The smallest absolute Gasteiger partial charge is 0.243 e. The van der Waals surface area contributed by atoms with E-state index >= 15 is 0 Å². The Hall–Kier alpha value is -1.92. The Balaban J connectivity index is 1.99. The van der Waals surface area contributed by atoms with Crippen LogP contribution < -0.4 is 5.73 Å². The van der Waals surface area contributed by atoms with E-state index in [1.54, 1.807) is 28.7 Å². The Bertz CT molecular complexity index is 772. The van der Waals surface area contributed by atoms with Crippen molar-refractivity contribution in [3.8, 4) is 0 Å². The van der Waals surface area contributed by atoms with Gasteiger partial charge in [-0.2, -0.15) is 4.31 Å². The van der Waals surface area contributed by atoms with E-state index in [-0.39, 0.29) is 6.04 Å². The maximum atomic E-state index is 12.9. The minimum atomic E-state index is -3.52. The average Bonchev–Trinajstić information content (AvgIpc) is 2.98. The normalized spacial score (nSPS) is 19.4. The van der Waals surface area contributed by atoms with Crippen LogP contribution in [0.5, 0.6) is 0 Å². The standard InChI is InChI=1S/C16H19N3O2S/c1-12-6-8-13(9-7-12)22(20,21)19-11-3-5-15(19)14-4-2-10-18-16(14)17/h2,4,6-10,15H,3,5,11H2,1H3,(H2,17,18)/t15-/m1/s1. The molecule has 1 aromatic heterocycles. The minimum absolute atomic E-state index is 0.236. The molecule has 0 unspecified atom stereocenters. The second-order valence-corrected chi connectivity index (χ2v) is 7.46. The van der Waals surface area contributed by atoms with E-state index in [0.29, 0.717) is 17.3 Å². The molecule has 0 aliphatic carbocycles. The van der Waals surface area contributed by atoms with Gasteiger partial charge in [0.2, 0.25) is 10.0 Å². The van der Waals surface area contributed by atoms with Crippen molar-refractivity contribution in [1.29, 1.82) is 0 Å². The summed E-state index contributed by atoms with van der Waals surface area (Å²) < 4.78 is 27.4. The van der Waals surface area contributed by atoms with E-state index in [0.717, 1.165) is 24.0 Å². The maximum Gasteiger partial charge on any atom is 0.243 e. The highest BCUT2D eigenvalue weighted by atomic mass is 32.2. The SMILES string of the molecule is Cc1ccc(S(=O)(=O)N2CCC[C@@H]2c2cccnc2N)cc1. The predicted molar refractivity (Wildman–Crippen MR) is 85.7 cm³/mol. The highest BCUT2D eigenvalue weighted by molar-refractivity contribution is 7.89. The molecule has 2 heterocycles. The third-order valence-electron chi connectivity index (χ3n) is 4.06. The molecule has 5 nitrogen and oxygen atoms in total. The van der Waals surface area contributed by atoms with Crippen LogP contribution in [0, 0.1) is 6.92 Å². The summed E-state index contributed by atoms with van der Waals surface area (Å²) in [5.74, 6) is 0.401. The first-order chi connectivity index (χ1) is 10.5. The number of nitrogens with two attached hydrogens (primary N) is 1. The molecular formula is C16H19N3O2S. The van der Waals surface area contributed by atoms with E-state index in [2.05, 4.69) is 4.98 Å². The van der Waals surface area contributed by atoms with Crippen LogP contribution in [0.25, 0.3) is 0 Å². The molecule has 2 aromatic rings. The van der Waals surface area contributed by atoms with Crippen LogP contribution in [0.3, 0.4) is 0 Å². The van der Waals surface area contributed by atoms with Crippen molar-refractivity contribution >= 4 is 15.8 Å². The Labute approximate surface area is 130 Å². The molecule has 1 aliphatic rings. The fourth-order valence-corrected chi connectivity index (χ4v) is 4.57. The van der Waals surface area contributed by atoms with Gasteiger partial charge in [-0.1, -0.05) is 23.8 Å². The zero-order valence-corrected chi connectivity index (χ0v) is 13.3. The first kappa shape index (κ1) is 15.0. The summed E-state index contributed by atoms with van der Waals surface area (Å²) in [5, 5.41) is 0. The number of pyridine rings is 1. The van der Waals surface area contributed by atoms with Crippen molar-refractivity contribution in [1.82, 2.24) is 9.29 Å². The second kappa shape index (κ2) is 5.70. The number of benzene rings is 1. The first-order valence-electron chi connectivity index (χ1n) is 7.29. The number of anilines is 1. The summed E-state index contributed by atoms with van der Waals surface area (Å²) in [7, 11) is -3.52. The van der Waals surface area contributed by atoms with Crippen LogP contribution in [0.4, 0.5) is 5.82 Å². The summed E-state index contributed by atoms with van der Waals surface area (Å²) in [6.45, 7) is 2.45. The Morgan fingerprint density at radius 2 is 1.95 bits per heavy atom. The highest BCUT2D eigenvalue weighted by Crippen LogP contribution is 2.38. The van der Waals surface area contributed by atoms with Gasteiger partial charge in [0.25, 0.3) is 0 Å². The number of aromatic nitrogens is 1. The molecule has 1 aliphatic heterocycles. The van der Waals surface area contributed by atoms with Gasteiger partial charge >= 0.3 is 0 Å². The molecule has 0 spiro atoms. The lowest BCUT2D eigenvalue weighted by atomic mass is 10.1. The molecule has 0 bridgehead atoms. The van der Waals surface area contributed by atoms with Crippen molar-refractivity contribution in [3.63, 3.8) is 0 Å². The average molecular weight is 317 g/mol. The van der Waals surface area contributed by atoms with E-state index in [1.807, 2.05) is 25.1 Å². The molecule has 1 saturated heterocycles. The van der Waals surface area contributed by atoms with Crippen LogP contribution in [0.2, 0.25) is 0 Å². The molecule has 0 saturated carbocycles. The summed E-state index contributed by atoms with van der Waals surface area (Å²) in [6, 6.07) is 10.4. The molecule has 3 rings (SSSR count). The number of sulfonamides is 1. The zero-order chi connectivity index (χ0) is 15.7. The highest BCUT2D eigenvalue weighted by Gasteiger charge is 2.37. The van der Waals surface area contributed by atoms with Gasteiger partial charge in [0.05, 0.1) is 10.9 Å². The predicted octanol–water partition coefficient (Wildman–Crippen LogP) is 2.50. The summed E-state index contributed by atoms with van der Waals surface area (Å²) in [4.78, 5) is 4.41.